The zero-order valence-corrected chi connectivity index (χ0v) is 7.18. The lowest BCUT2D eigenvalue weighted by molar-refractivity contribution is 0.0243. The third kappa shape index (κ3) is 2.77. The van der Waals surface area contributed by atoms with Crippen LogP contribution in [-0.4, -0.2) is 31.8 Å². The third-order valence-electron chi connectivity index (χ3n) is 2.01. The smallest absolute Gasteiger partial charge is 0.0850 e. The zero-order valence-electron chi connectivity index (χ0n) is 7.18. The number of rotatable bonds is 3. The average Bonchev–Trinajstić information content (AvgIpc) is 2.03. The van der Waals surface area contributed by atoms with Crippen LogP contribution in [0.4, 0.5) is 0 Å². The van der Waals surface area contributed by atoms with Crippen molar-refractivity contribution in [1.82, 2.24) is 5.32 Å². The van der Waals surface area contributed by atoms with Gasteiger partial charge < -0.3 is 15.8 Å². The molecule has 66 valence electrons. The molecule has 11 heavy (non-hydrogen) atoms. The summed E-state index contributed by atoms with van der Waals surface area (Å²) < 4.78 is 5.56. The van der Waals surface area contributed by atoms with E-state index in [9.17, 15) is 0 Å². The third-order valence-corrected chi connectivity index (χ3v) is 2.01. The minimum atomic E-state index is 0.239. The van der Waals surface area contributed by atoms with Crippen LogP contribution in [0.3, 0.4) is 0 Å². The van der Waals surface area contributed by atoms with E-state index in [4.69, 9.17) is 10.5 Å². The van der Waals surface area contributed by atoms with E-state index in [1.165, 1.54) is 0 Å². The molecule has 0 amide bonds. The molecule has 0 saturated carbocycles. The minimum absolute atomic E-state index is 0.239. The predicted molar refractivity (Wildman–Crippen MR) is 45.5 cm³/mol. The molecule has 1 aliphatic heterocycles. The largest absolute Gasteiger partial charge is 0.375 e. The summed E-state index contributed by atoms with van der Waals surface area (Å²) in [6, 6.07) is 0.239. The van der Waals surface area contributed by atoms with Crippen LogP contribution in [0.2, 0.25) is 0 Å². The maximum absolute atomic E-state index is 5.85. The SMILES string of the molecule is CCCOC1CNCCC1N. The van der Waals surface area contributed by atoms with Crippen molar-refractivity contribution in [2.45, 2.75) is 31.9 Å². The van der Waals surface area contributed by atoms with E-state index < -0.39 is 0 Å². The van der Waals surface area contributed by atoms with Gasteiger partial charge in [0.15, 0.2) is 0 Å². The highest BCUT2D eigenvalue weighted by Gasteiger charge is 2.21. The summed E-state index contributed by atoms with van der Waals surface area (Å²) in [6.45, 7) is 4.90. The van der Waals surface area contributed by atoms with Gasteiger partial charge in [0, 0.05) is 19.2 Å². The Morgan fingerprint density at radius 3 is 3.09 bits per heavy atom. The van der Waals surface area contributed by atoms with Gasteiger partial charge in [0.2, 0.25) is 0 Å². The molecule has 3 nitrogen and oxygen atoms in total. The van der Waals surface area contributed by atoms with Crippen molar-refractivity contribution in [3.05, 3.63) is 0 Å². The van der Waals surface area contributed by atoms with Gasteiger partial charge >= 0.3 is 0 Å². The summed E-state index contributed by atoms with van der Waals surface area (Å²) in [7, 11) is 0. The monoisotopic (exact) mass is 158 g/mol. The summed E-state index contributed by atoms with van der Waals surface area (Å²) in [6.07, 6.45) is 2.35. The Labute approximate surface area is 68.3 Å². The first-order valence-corrected chi connectivity index (χ1v) is 4.42. The molecular formula is C8H18N2O. The molecule has 1 fully saturated rings. The molecule has 2 unspecified atom stereocenters. The molecule has 0 bridgehead atoms. The topological polar surface area (TPSA) is 47.3 Å². The number of piperidine rings is 1. The molecular weight excluding hydrogens is 140 g/mol. The van der Waals surface area contributed by atoms with Crippen molar-refractivity contribution in [1.29, 1.82) is 0 Å². The van der Waals surface area contributed by atoms with E-state index >= 15 is 0 Å². The molecule has 1 saturated heterocycles. The highest BCUT2D eigenvalue weighted by Crippen LogP contribution is 2.05. The predicted octanol–water partition coefficient (Wildman–Crippen LogP) is 0.102. The van der Waals surface area contributed by atoms with Crippen LogP contribution in [0.25, 0.3) is 0 Å². The minimum Gasteiger partial charge on any atom is -0.375 e. The van der Waals surface area contributed by atoms with Crippen LogP contribution in [-0.2, 0) is 4.74 Å². The lowest BCUT2D eigenvalue weighted by atomic mass is 10.1. The Kier molecular flexibility index (Phi) is 3.83. The second-order valence-electron chi connectivity index (χ2n) is 3.07. The van der Waals surface area contributed by atoms with Gasteiger partial charge in [-0.15, -0.1) is 0 Å². The Hall–Kier alpha value is -0.120. The maximum atomic E-state index is 5.85. The molecule has 0 spiro atoms. The summed E-state index contributed by atoms with van der Waals surface area (Å²) in [4.78, 5) is 0. The average molecular weight is 158 g/mol. The fourth-order valence-electron chi connectivity index (χ4n) is 1.30. The molecule has 1 heterocycles. The van der Waals surface area contributed by atoms with Crippen LogP contribution < -0.4 is 11.1 Å². The van der Waals surface area contributed by atoms with Gasteiger partial charge in [-0.1, -0.05) is 6.92 Å². The number of nitrogens with two attached hydrogens (primary N) is 1. The van der Waals surface area contributed by atoms with E-state index in [2.05, 4.69) is 12.2 Å². The van der Waals surface area contributed by atoms with Crippen LogP contribution in [0.15, 0.2) is 0 Å². The molecule has 1 rings (SSSR count). The molecule has 3 heteroatoms. The van der Waals surface area contributed by atoms with Crippen molar-refractivity contribution < 1.29 is 4.74 Å². The first-order valence-electron chi connectivity index (χ1n) is 4.42. The fraction of sp³-hybridized carbons (Fsp3) is 1.00. The number of hydrogen-bond acceptors (Lipinski definition) is 3. The van der Waals surface area contributed by atoms with Gasteiger partial charge in [0.1, 0.15) is 0 Å². The summed E-state index contributed by atoms with van der Waals surface area (Å²) in [5.41, 5.74) is 5.85. The first kappa shape index (κ1) is 8.97. The molecule has 1 aliphatic rings. The highest BCUT2D eigenvalue weighted by atomic mass is 16.5. The van der Waals surface area contributed by atoms with Crippen molar-refractivity contribution in [2.75, 3.05) is 19.7 Å². The molecule has 3 N–H and O–H groups in total. The zero-order chi connectivity index (χ0) is 8.10. The van der Waals surface area contributed by atoms with Crippen molar-refractivity contribution in [3.63, 3.8) is 0 Å². The van der Waals surface area contributed by atoms with Crippen molar-refractivity contribution in [3.8, 4) is 0 Å². The van der Waals surface area contributed by atoms with Crippen LogP contribution >= 0.6 is 0 Å². The molecule has 0 aromatic heterocycles. The Bertz CT molecular complexity index is 108. The maximum Gasteiger partial charge on any atom is 0.0850 e. The Balaban J connectivity index is 2.18. The second kappa shape index (κ2) is 4.70. The van der Waals surface area contributed by atoms with Gasteiger partial charge in [-0.3, -0.25) is 0 Å². The molecule has 0 radical (unpaired) electrons. The lowest BCUT2D eigenvalue weighted by Gasteiger charge is -2.29. The summed E-state index contributed by atoms with van der Waals surface area (Å²) >= 11 is 0. The normalized spacial score (nSPS) is 32.2. The van der Waals surface area contributed by atoms with E-state index in [-0.39, 0.29) is 12.1 Å². The number of nitrogens with one attached hydrogen (secondary N) is 1. The van der Waals surface area contributed by atoms with Crippen LogP contribution in [0.1, 0.15) is 19.8 Å². The number of ether oxygens (including phenoxy) is 1. The summed E-state index contributed by atoms with van der Waals surface area (Å²) in [5.74, 6) is 0. The van der Waals surface area contributed by atoms with E-state index in [0.29, 0.717) is 0 Å². The Morgan fingerprint density at radius 2 is 2.45 bits per heavy atom. The Morgan fingerprint density at radius 1 is 1.64 bits per heavy atom. The first-order chi connectivity index (χ1) is 5.34. The van der Waals surface area contributed by atoms with Crippen molar-refractivity contribution in [2.24, 2.45) is 5.73 Å². The van der Waals surface area contributed by atoms with Gasteiger partial charge in [0.05, 0.1) is 6.10 Å². The molecule has 0 aliphatic carbocycles. The summed E-state index contributed by atoms with van der Waals surface area (Å²) in [5, 5.41) is 3.27. The van der Waals surface area contributed by atoms with E-state index in [0.717, 1.165) is 32.5 Å². The molecule has 2 atom stereocenters. The number of hydrogen-bond donors (Lipinski definition) is 2. The molecule has 0 aromatic rings. The molecule has 0 aromatic carbocycles. The van der Waals surface area contributed by atoms with E-state index in [1.807, 2.05) is 0 Å². The van der Waals surface area contributed by atoms with Gasteiger partial charge in [-0.25, -0.2) is 0 Å². The standard InChI is InChI=1S/C8H18N2O/c1-2-5-11-8-6-10-4-3-7(8)9/h7-8,10H,2-6,9H2,1H3. The van der Waals surface area contributed by atoms with Gasteiger partial charge in [-0.05, 0) is 19.4 Å². The quantitative estimate of drug-likeness (QED) is 0.612. The van der Waals surface area contributed by atoms with E-state index in [1.54, 1.807) is 0 Å². The second-order valence-corrected chi connectivity index (χ2v) is 3.07. The fourth-order valence-corrected chi connectivity index (χ4v) is 1.30. The van der Waals surface area contributed by atoms with Gasteiger partial charge in [-0.2, -0.15) is 0 Å². The van der Waals surface area contributed by atoms with Gasteiger partial charge in [0.25, 0.3) is 0 Å². The lowest BCUT2D eigenvalue weighted by Crippen LogP contribution is -2.50. The highest BCUT2D eigenvalue weighted by molar-refractivity contribution is 4.81. The van der Waals surface area contributed by atoms with Crippen molar-refractivity contribution >= 4 is 0 Å². The van der Waals surface area contributed by atoms with Crippen LogP contribution in [0.5, 0.6) is 0 Å². The van der Waals surface area contributed by atoms with Crippen LogP contribution in [0, 0.1) is 0 Å².